The summed E-state index contributed by atoms with van der Waals surface area (Å²) in [4.78, 5) is 24.6. The van der Waals surface area contributed by atoms with Crippen LogP contribution < -0.4 is 0 Å². The highest BCUT2D eigenvalue weighted by atomic mass is 16.2. The second-order valence-electron chi connectivity index (χ2n) is 5.95. The first-order chi connectivity index (χ1) is 7.38. The highest BCUT2D eigenvalue weighted by molar-refractivity contribution is 6.09. The van der Waals surface area contributed by atoms with Crippen LogP contribution in [0.1, 0.15) is 66.2 Å². The summed E-state index contributed by atoms with van der Waals surface area (Å²) in [7, 11) is 0. The maximum absolute atomic E-state index is 12.3. The first-order valence-electron chi connectivity index (χ1n) is 6.44. The number of hydrogen-bond acceptors (Lipinski definition) is 2. The predicted octanol–water partition coefficient (Wildman–Crippen LogP) is 3.53. The van der Waals surface area contributed by atoms with Gasteiger partial charge in [0.1, 0.15) is 11.6 Å². The molecule has 0 heterocycles. The van der Waals surface area contributed by atoms with Crippen molar-refractivity contribution in [3.8, 4) is 0 Å². The zero-order valence-corrected chi connectivity index (χ0v) is 11.1. The van der Waals surface area contributed by atoms with Gasteiger partial charge in [-0.2, -0.15) is 0 Å². The molecule has 0 aromatic carbocycles. The molecule has 1 aliphatic rings. The van der Waals surface area contributed by atoms with Crippen molar-refractivity contribution in [3.05, 3.63) is 0 Å². The van der Waals surface area contributed by atoms with Crippen molar-refractivity contribution in [1.82, 2.24) is 0 Å². The topological polar surface area (TPSA) is 34.1 Å². The molecule has 0 unspecified atom stereocenters. The van der Waals surface area contributed by atoms with Crippen LogP contribution in [-0.2, 0) is 9.59 Å². The maximum Gasteiger partial charge on any atom is 0.146 e. The fourth-order valence-electron chi connectivity index (χ4n) is 2.96. The van der Waals surface area contributed by atoms with Gasteiger partial charge in [0.25, 0.3) is 0 Å². The Labute approximate surface area is 98.8 Å². The summed E-state index contributed by atoms with van der Waals surface area (Å²) in [6, 6.07) is 0. The van der Waals surface area contributed by atoms with Gasteiger partial charge >= 0.3 is 0 Å². The van der Waals surface area contributed by atoms with Gasteiger partial charge in [-0.3, -0.25) is 9.59 Å². The van der Waals surface area contributed by atoms with E-state index in [1.54, 1.807) is 0 Å². The molecule has 0 saturated heterocycles. The average molecular weight is 224 g/mol. The zero-order chi connectivity index (χ0) is 12.4. The summed E-state index contributed by atoms with van der Waals surface area (Å²) in [5, 5.41) is 0. The molecule has 0 aliphatic heterocycles. The fraction of sp³-hybridized carbons (Fsp3) is 0.857. The molecule has 2 nitrogen and oxygen atoms in total. The summed E-state index contributed by atoms with van der Waals surface area (Å²) in [5.41, 5.74) is -0.752. The van der Waals surface area contributed by atoms with E-state index in [0.29, 0.717) is 12.8 Å². The van der Waals surface area contributed by atoms with Gasteiger partial charge in [-0.1, -0.05) is 40.5 Å². The number of carbonyl (C=O) groups excluding carboxylic acids is 2. The summed E-state index contributed by atoms with van der Waals surface area (Å²) in [5.74, 6) is 0.384. The van der Waals surface area contributed by atoms with E-state index in [9.17, 15) is 9.59 Å². The molecule has 1 saturated carbocycles. The lowest BCUT2D eigenvalue weighted by atomic mass is 9.60. The van der Waals surface area contributed by atoms with Gasteiger partial charge in [-0.05, 0) is 18.3 Å². The van der Waals surface area contributed by atoms with Crippen LogP contribution in [0.3, 0.4) is 0 Å². The number of rotatable bonds is 4. The van der Waals surface area contributed by atoms with Crippen molar-refractivity contribution >= 4 is 11.6 Å². The lowest BCUT2D eigenvalue weighted by Gasteiger charge is -2.40. The number of carbonyl (C=O) groups is 2. The average Bonchev–Trinajstić information content (AvgIpc) is 2.13. The Hall–Kier alpha value is -0.660. The lowest BCUT2D eigenvalue weighted by Crippen LogP contribution is -2.47. The molecular formula is C14H24O2. The summed E-state index contributed by atoms with van der Waals surface area (Å²) in [6.07, 6.45) is 4.45. The first-order valence-corrected chi connectivity index (χ1v) is 6.44. The predicted molar refractivity (Wildman–Crippen MR) is 65.3 cm³/mol. The Morgan fingerprint density at radius 3 is 1.62 bits per heavy atom. The van der Waals surface area contributed by atoms with Crippen molar-refractivity contribution in [2.24, 2.45) is 10.8 Å². The molecule has 0 aromatic heterocycles. The smallest absolute Gasteiger partial charge is 0.146 e. The van der Waals surface area contributed by atoms with Crippen molar-refractivity contribution in [2.45, 2.75) is 66.2 Å². The van der Waals surface area contributed by atoms with Crippen LogP contribution in [0.2, 0.25) is 0 Å². The second-order valence-corrected chi connectivity index (χ2v) is 5.95. The Kier molecular flexibility index (Phi) is 3.92. The standard InChI is InChI=1S/C14H24O2/c1-5-7-14(8-6-2)11(15)9-13(3,4)10-12(14)16/h5-10H2,1-4H3. The van der Waals surface area contributed by atoms with E-state index in [2.05, 4.69) is 13.8 Å². The molecule has 16 heavy (non-hydrogen) atoms. The molecule has 0 radical (unpaired) electrons. The van der Waals surface area contributed by atoms with Crippen molar-refractivity contribution in [1.29, 1.82) is 0 Å². The van der Waals surface area contributed by atoms with Gasteiger partial charge in [-0.25, -0.2) is 0 Å². The van der Waals surface area contributed by atoms with Crippen LogP contribution in [-0.4, -0.2) is 11.6 Å². The van der Waals surface area contributed by atoms with E-state index in [-0.39, 0.29) is 17.0 Å². The van der Waals surface area contributed by atoms with Gasteiger partial charge in [0.15, 0.2) is 0 Å². The van der Waals surface area contributed by atoms with Crippen LogP contribution in [0.25, 0.3) is 0 Å². The minimum absolute atomic E-state index is 0.126. The minimum Gasteiger partial charge on any atom is -0.299 e. The highest BCUT2D eigenvalue weighted by Gasteiger charge is 2.50. The summed E-state index contributed by atoms with van der Waals surface area (Å²) < 4.78 is 0. The van der Waals surface area contributed by atoms with Gasteiger partial charge in [-0.15, -0.1) is 0 Å². The molecule has 0 aromatic rings. The molecule has 92 valence electrons. The monoisotopic (exact) mass is 224 g/mol. The van der Waals surface area contributed by atoms with Gasteiger partial charge in [0, 0.05) is 12.8 Å². The molecule has 0 spiro atoms. The largest absolute Gasteiger partial charge is 0.299 e. The zero-order valence-electron chi connectivity index (χ0n) is 11.1. The van der Waals surface area contributed by atoms with Gasteiger partial charge in [0.05, 0.1) is 5.41 Å². The van der Waals surface area contributed by atoms with Crippen molar-refractivity contribution < 1.29 is 9.59 Å². The molecule has 0 amide bonds. The van der Waals surface area contributed by atoms with E-state index >= 15 is 0 Å². The van der Waals surface area contributed by atoms with E-state index in [0.717, 1.165) is 25.7 Å². The number of ketones is 2. The number of hydrogen-bond donors (Lipinski definition) is 0. The summed E-state index contributed by atoms with van der Waals surface area (Å²) in [6.45, 7) is 8.14. The van der Waals surface area contributed by atoms with E-state index in [1.807, 2.05) is 13.8 Å². The first kappa shape index (κ1) is 13.4. The maximum atomic E-state index is 12.3. The van der Waals surface area contributed by atoms with Crippen LogP contribution >= 0.6 is 0 Å². The molecule has 1 rings (SSSR count). The highest BCUT2D eigenvalue weighted by Crippen LogP contribution is 2.45. The van der Waals surface area contributed by atoms with E-state index < -0.39 is 5.41 Å². The second kappa shape index (κ2) is 4.68. The normalized spacial score (nSPS) is 23.5. The van der Waals surface area contributed by atoms with Crippen LogP contribution in [0, 0.1) is 10.8 Å². The molecule has 0 bridgehead atoms. The van der Waals surface area contributed by atoms with E-state index in [1.165, 1.54) is 0 Å². The Bertz CT molecular complexity index is 261. The Morgan fingerprint density at radius 2 is 1.31 bits per heavy atom. The van der Waals surface area contributed by atoms with Gasteiger partial charge in [0.2, 0.25) is 0 Å². The van der Waals surface area contributed by atoms with Crippen molar-refractivity contribution in [2.75, 3.05) is 0 Å². The van der Waals surface area contributed by atoms with Crippen LogP contribution in [0.4, 0.5) is 0 Å². The minimum atomic E-state index is -0.626. The van der Waals surface area contributed by atoms with E-state index in [4.69, 9.17) is 0 Å². The Balaban J connectivity index is 2.99. The van der Waals surface area contributed by atoms with Crippen LogP contribution in [0.15, 0.2) is 0 Å². The molecule has 1 fully saturated rings. The third kappa shape index (κ3) is 2.36. The lowest BCUT2D eigenvalue weighted by molar-refractivity contribution is -0.149. The molecule has 2 heteroatoms. The molecule has 0 atom stereocenters. The SMILES string of the molecule is CCCC1(CCC)C(=O)CC(C)(C)CC1=O. The number of Topliss-reactive ketones (excluding diaryl/α,β-unsaturated/α-hetero) is 2. The molecular weight excluding hydrogens is 200 g/mol. The van der Waals surface area contributed by atoms with Crippen LogP contribution in [0.5, 0.6) is 0 Å². The third-order valence-corrected chi connectivity index (χ3v) is 3.70. The van der Waals surface area contributed by atoms with Crippen molar-refractivity contribution in [3.63, 3.8) is 0 Å². The fourth-order valence-corrected chi connectivity index (χ4v) is 2.96. The van der Waals surface area contributed by atoms with Gasteiger partial charge < -0.3 is 0 Å². The molecule has 1 aliphatic carbocycles. The Morgan fingerprint density at radius 1 is 0.938 bits per heavy atom. The molecule has 0 N–H and O–H groups in total. The summed E-state index contributed by atoms with van der Waals surface area (Å²) >= 11 is 0. The quantitative estimate of drug-likeness (QED) is 0.684. The third-order valence-electron chi connectivity index (χ3n) is 3.70.